The summed E-state index contributed by atoms with van der Waals surface area (Å²) in [5.41, 5.74) is 1.93. The molecule has 3 rings (SSSR count). The third-order valence-electron chi connectivity index (χ3n) is 6.14. The van der Waals surface area contributed by atoms with Gasteiger partial charge in [0.1, 0.15) is 12.1 Å². The highest BCUT2D eigenvalue weighted by Crippen LogP contribution is 2.43. The largest absolute Gasteiger partial charge is 0.389 e. The molecule has 2 aromatic rings. The van der Waals surface area contributed by atoms with Gasteiger partial charge < -0.3 is 10.0 Å². The van der Waals surface area contributed by atoms with E-state index in [2.05, 4.69) is 81.6 Å². The Morgan fingerprint density at radius 1 is 0.783 bits per heavy atom. The fourth-order valence-electron chi connectivity index (χ4n) is 4.50. The second-order valence-corrected chi connectivity index (χ2v) is 7.32. The summed E-state index contributed by atoms with van der Waals surface area (Å²) in [6.45, 7) is 6.40. The van der Waals surface area contributed by atoms with Crippen LogP contribution in [0.25, 0.3) is 0 Å². The lowest BCUT2D eigenvalue weighted by Gasteiger charge is -2.52. The van der Waals surface area contributed by atoms with E-state index in [1.165, 1.54) is 16.0 Å². The Morgan fingerprint density at radius 2 is 1.13 bits per heavy atom. The van der Waals surface area contributed by atoms with Crippen LogP contribution in [0, 0.1) is 11.8 Å². The van der Waals surface area contributed by atoms with Crippen molar-refractivity contribution < 1.29 is 10.0 Å². The summed E-state index contributed by atoms with van der Waals surface area (Å²) < 4.78 is 0. The SMILES string of the molecule is C[C@H]1[C@@H](c2ccccc2)[NH+](C)[C@@H](c2ccccc2)[C@H](C)C1(C)O. The Hall–Kier alpha value is -1.64. The topological polar surface area (TPSA) is 24.7 Å². The van der Waals surface area contributed by atoms with Crippen molar-refractivity contribution in [2.75, 3.05) is 7.05 Å². The number of rotatable bonds is 2. The van der Waals surface area contributed by atoms with Gasteiger partial charge in [0.05, 0.1) is 12.6 Å². The van der Waals surface area contributed by atoms with Gasteiger partial charge in [-0.2, -0.15) is 0 Å². The summed E-state index contributed by atoms with van der Waals surface area (Å²) in [6, 6.07) is 21.8. The molecule has 2 N–H and O–H groups in total. The van der Waals surface area contributed by atoms with Crippen molar-refractivity contribution in [3.8, 4) is 0 Å². The molecule has 0 bridgehead atoms. The van der Waals surface area contributed by atoms with Crippen LogP contribution in [0.4, 0.5) is 0 Å². The summed E-state index contributed by atoms with van der Waals surface area (Å²) in [6.07, 6.45) is 0. The van der Waals surface area contributed by atoms with Crippen molar-refractivity contribution in [1.82, 2.24) is 0 Å². The van der Waals surface area contributed by atoms with Gasteiger partial charge in [-0.15, -0.1) is 0 Å². The normalized spacial score (nSPS) is 37.5. The molecule has 1 saturated heterocycles. The Balaban J connectivity index is 2.07. The Morgan fingerprint density at radius 3 is 1.48 bits per heavy atom. The van der Waals surface area contributed by atoms with Gasteiger partial charge in [0.2, 0.25) is 0 Å². The standard InChI is InChI=1S/C21H27NO/c1-15-19(17-11-7-5-8-12-17)22(4)20(16(2)21(15,3)23)18-13-9-6-10-14-18/h5-16,19-20,23H,1-4H3/p+1/t15-,16-,19-,20+,21?/m0/s1. The maximum absolute atomic E-state index is 11.3. The second kappa shape index (κ2) is 6.10. The van der Waals surface area contributed by atoms with Crippen molar-refractivity contribution in [3.05, 3.63) is 71.8 Å². The van der Waals surface area contributed by atoms with E-state index < -0.39 is 5.60 Å². The molecule has 2 unspecified atom stereocenters. The zero-order valence-electron chi connectivity index (χ0n) is 14.5. The van der Waals surface area contributed by atoms with Crippen LogP contribution in [0.2, 0.25) is 0 Å². The zero-order valence-corrected chi connectivity index (χ0v) is 14.5. The molecule has 0 saturated carbocycles. The minimum absolute atomic E-state index is 0.194. The van der Waals surface area contributed by atoms with Gasteiger partial charge in [0.15, 0.2) is 0 Å². The van der Waals surface area contributed by atoms with Gasteiger partial charge in [-0.1, -0.05) is 74.5 Å². The molecule has 1 heterocycles. The van der Waals surface area contributed by atoms with E-state index in [-0.39, 0.29) is 23.9 Å². The highest BCUT2D eigenvalue weighted by atomic mass is 16.3. The van der Waals surface area contributed by atoms with Crippen molar-refractivity contribution in [2.45, 2.75) is 38.5 Å². The van der Waals surface area contributed by atoms with E-state index in [9.17, 15) is 5.11 Å². The molecule has 23 heavy (non-hydrogen) atoms. The van der Waals surface area contributed by atoms with Crippen LogP contribution >= 0.6 is 0 Å². The first-order chi connectivity index (χ1) is 10.9. The Labute approximate surface area is 139 Å². The summed E-state index contributed by atoms with van der Waals surface area (Å²) in [7, 11) is 2.28. The summed E-state index contributed by atoms with van der Waals surface area (Å²) in [5, 5.41) is 11.3. The van der Waals surface area contributed by atoms with Gasteiger partial charge in [0, 0.05) is 23.0 Å². The first-order valence-electron chi connectivity index (χ1n) is 8.60. The maximum atomic E-state index is 11.3. The summed E-state index contributed by atoms with van der Waals surface area (Å²) in [5.74, 6) is 0.389. The Bertz CT molecular complexity index is 582. The van der Waals surface area contributed by atoms with Crippen LogP contribution in [0.1, 0.15) is 44.0 Å². The molecule has 2 heteroatoms. The molecular formula is C21H28NO+. The van der Waals surface area contributed by atoms with E-state index in [0.717, 1.165) is 0 Å². The number of aliphatic hydroxyl groups is 1. The average Bonchev–Trinajstić information content (AvgIpc) is 2.56. The molecule has 0 amide bonds. The van der Waals surface area contributed by atoms with E-state index >= 15 is 0 Å². The quantitative estimate of drug-likeness (QED) is 0.875. The number of hydrogen-bond acceptors (Lipinski definition) is 1. The number of piperidine rings is 1. The first-order valence-corrected chi connectivity index (χ1v) is 8.60. The van der Waals surface area contributed by atoms with E-state index in [1.54, 1.807) is 0 Å². The van der Waals surface area contributed by atoms with Gasteiger partial charge in [-0.25, -0.2) is 0 Å². The molecule has 0 spiro atoms. The van der Waals surface area contributed by atoms with E-state index in [0.29, 0.717) is 0 Å². The number of hydrogen-bond donors (Lipinski definition) is 2. The van der Waals surface area contributed by atoms with Crippen LogP contribution < -0.4 is 4.90 Å². The molecule has 0 aromatic heterocycles. The highest BCUT2D eigenvalue weighted by molar-refractivity contribution is 5.23. The predicted molar refractivity (Wildman–Crippen MR) is 94.2 cm³/mol. The van der Waals surface area contributed by atoms with E-state index in [4.69, 9.17) is 0 Å². The lowest BCUT2D eigenvalue weighted by atomic mass is 9.66. The van der Waals surface area contributed by atoms with Crippen LogP contribution in [-0.2, 0) is 0 Å². The number of quaternary nitrogens is 1. The van der Waals surface area contributed by atoms with Crippen LogP contribution in [-0.4, -0.2) is 17.8 Å². The van der Waals surface area contributed by atoms with Crippen LogP contribution in [0.5, 0.6) is 0 Å². The monoisotopic (exact) mass is 310 g/mol. The van der Waals surface area contributed by atoms with Gasteiger partial charge in [-0.3, -0.25) is 0 Å². The van der Waals surface area contributed by atoms with Crippen molar-refractivity contribution in [1.29, 1.82) is 0 Å². The fraction of sp³-hybridized carbons (Fsp3) is 0.429. The van der Waals surface area contributed by atoms with Gasteiger partial charge in [0.25, 0.3) is 0 Å². The first kappa shape index (κ1) is 16.2. The molecule has 6 atom stereocenters. The lowest BCUT2D eigenvalue weighted by Crippen LogP contribution is -3.13. The minimum Gasteiger partial charge on any atom is -0.389 e. The average molecular weight is 310 g/mol. The van der Waals surface area contributed by atoms with Crippen molar-refractivity contribution in [2.24, 2.45) is 11.8 Å². The molecule has 1 fully saturated rings. The second-order valence-electron chi connectivity index (χ2n) is 7.32. The smallest absolute Gasteiger partial charge is 0.119 e. The third-order valence-corrected chi connectivity index (χ3v) is 6.14. The van der Waals surface area contributed by atoms with Crippen LogP contribution in [0.3, 0.4) is 0 Å². The predicted octanol–water partition coefficient (Wildman–Crippen LogP) is 3.02. The van der Waals surface area contributed by atoms with Crippen molar-refractivity contribution >= 4 is 0 Å². The van der Waals surface area contributed by atoms with Crippen LogP contribution in [0.15, 0.2) is 60.7 Å². The fourth-order valence-corrected chi connectivity index (χ4v) is 4.50. The molecule has 0 radical (unpaired) electrons. The number of nitrogens with one attached hydrogen (secondary N) is 1. The maximum Gasteiger partial charge on any atom is 0.119 e. The summed E-state index contributed by atoms with van der Waals surface area (Å²) >= 11 is 0. The Kier molecular flexibility index (Phi) is 4.31. The van der Waals surface area contributed by atoms with E-state index in [1.807, 2.05) is 6.92 Å². The summed E-state index contributed by atoms with van der Waals surface area (Å²) in [4.78, 5) is 1.47. The third kappa shape index (κ3) is 2.71. The van der Waals surface area contributed by atoms with Crippen molar-refractivity contribution in [3.63, 3.8) is 0 Å². The van der Waals surface area contributed by atoms with Gasteiger partial charge >= 0.3 is 0 Å². The number of likely N-dealkylation sites (tertiary alicyclic amines) is 1. The zero-order chi connectivity index (χ0) is 16.6. The molecular weight excluding hydrogens is 282 g/mol. The molecule has 122 valence electrons. The molecule has 0 aliphatic carbocycles. The molecule has 2 nitrogen and oxygen atoms in total. The molecule has 1 aliphatic rings. The number of benzene rings is 2. The molecule has 2 aromatic carbocycles. The highest BCUT2D eigenvalue weighted by Gasteiger charge is 2.54. The molecule has 1 aliphatic heterocycles. The lowest BCUT2D eigenvalue weighted by molar-refractivity contribution is -0.961. The van der Waals surface area contributed by atoms with Gasteiger partial charge in [-0.05, 0) is 6.92 Å². The minimum atomic E-state index is -0.694.